The molecular formula is C17H16Cl2N2O3. The van der Waals surface area contributed by atoms with Gasteiger partial charge in [-0.3, -0.25) is 4.79 Å². The Kier molecular flexibility index (Phi) is 5.06. The summed E-state index contributed by atoms with van der Waals surface area (Å²) >= 11 is 0. The van der Waals surface area contributed by atoms with Crippen LogP contribution in [0.3, 0.4) is 0 Å². The zero-order valence-electron chi connectivity index (χ0n) is 12.6. The van der Waals surface area contributed by atoms with Gasteiger partial charge < -0.3 is 15.1 Å². The van der Waals surface area contributed by atoms with Crippen molar-refractivity contribution in [3.8, 4) is 11.3 Å². The normalized spacial score (nSPS) is 12.3. The lowest BCUT2D eigenvalue weighted by molar-refractivity contribution is 0.0695. The topological polar surface area (TPSA) is 85.9 Å². The molecule has 1 aliphatic rings. The number of nitrogens with one attached hydrogen (secondary N) is 2. The van der Waals surface area contributed by atoms with E-state index >= 15 is 0 Å². The van der Waals surface area contributed by atoms with Gasteiger partial charge in [0, 0.05) is 22.7 Å². The number of hydrogen-bond acceptors (Lipinski definition) is 2. The van der Waals surface area contributed by atoms with Crippen LogP contribution in [0.15, 0.2) is 35.3 Å². The second kappa shape index (κ2) is 6.71. The van der Waals surface area contributed by atoms with Crippen molar-refractivity contribution in [3.05, 3.63) is 57.5 Å². The SMILES string of the molecule is Cl.Cl.O=C(O)c1cc2c([nH]c1=O)-c1cc3cc[nH]c3cc1CCC2. The Bertz CT molecular complexity index is 976. The highest BCUT2D eigenvalue weighted by atomic mass is 35.5. The van der Waals surface area contributed by atoms with E-state index in [1.807, 2.05) is 12.3 Å². The molecular weight excluding hydrogens is 351 g/mol. The standard InChI is InChI=1S/C17H14N2O3.2ClH/c20-16-13(17(21)22)7-11-3-1-2-9-8-14-10(4-5-18-14)6-12(9)15(11)19-16;;/h4-8,18H,1-3H2,(H,19,20)(H,21,22);2*1H. The molecule has 7 heteroatoms. The first-order valence-corrected chi connectivity index (χ1v) is 7.23. The Morgan fingerprint density at radius 2 is 1.83 bits per heavy atom. The van der Waals surface area contributed by atoms with E-state index in [0.717, 1.165) is 47.0 Å². The summed E-state index contributed by atoms with van der Waals surface area (Å²) in [6.07, 6.45) is 4.48. The van der Waals surface area contributed by atoms with E-state index < -0.39 is 11.5 Å². The van der Waals surface area contributed by atoms with E-state index in [0.29, 0.717) is 0 Å². The molecule has 0 spiro atoms. The van der Waals surface area contributed by atoms with E-state index in [1.165, 1.54) is 11.6 Å². The van der Waals surface area contributed by atoms with E-state index in [4.69, 9.17) is 5.11 Å². The highest BCUT2D eigenvalue weighted by Crippen LogP contribution is 2.33. The molecule has 0 aliphatic heterocycles. The number of pyridine rings is 1. The third kappa shape index (κ3) is 2.81. The number of aromatic amines is 2. The van der Waals surface area contributed by atoms with Crippen molar-refractivity contribution >= 4 is 41.7 Å². The predicted molar refractivity (Wildman–Crippen MR) is 97.8 cm³/mol. The summed E-state index contributed by atoms with van der Waals surface area (Å²) in [7, 11) is 0. The smallest absolute Gasteiger partial charge is 0.341 e. The van der Waals surface area contributed by atoms with Crippen molar-refractivity contribution in [3.63, 3.8) is 0 Å². The number of carboxylic acids is 1. The van der Waals surface area contributed by atoms with Crippen molar-refractivity contribution in [2.24, 2.45) is 0 Å². The number of rotatable bonds is 1. The van der Waals surface area contributed by atoms with Gasteiger partial charge in [-0.25, -0.2) is 4.79 Å². The molecule has 1 aromatic carbocycles. The van der Waals surface area contributed by atoms with Gasteiger partial charge in [-0.1, -0.05) is 0 Å². The Balaban J connectivity index is 0.00000104. The van der Waals surface area contributed by atoms with Crippen LogP contribution in [0.2, 0.25) is 0 Å². The fraction of sp³-hybridized carbons (Fsp3) is 0.176. The second-order valence-corrected chi connectivity index (χ2v) is 5.65. The van der Waals surface area contributed by atoms with Gasteiger partial charge in [0.15, 0.2) is 0 Å². The molecule has 1 aliphatic carbocycles. The summed E-state index contributed by atoms with van der Waals surface area (Å²) in [5.74, 6) is -1.19. The van der Waals surface area contributed by atoms with E-state index in [1.54, 1.807) is 0 Å². The number of halogens is 2. The maximum atomic E-state index is 12.0. The van der Waals surface area contributed by atoms with Crippen molar-refractivity contribution in [1.29, 1.82) is 0 Å². The maximum Gasteiger partial charge on any atom is 0.341 e. The van der Waals surface area contributed by atoms with Crippen LogP contribution >= 0.6 is 24.8 Å². The molecule has 0 unspecified atom stereocenters. The molecule has 0 atom stereocenters. The van der Waals surface area contributed by atoms with Gasteiger partial charge in [0.1, 0.15) is 5.56 Å². The summed E-state index contributed by atoms with van der Waals surface area (Å²) < 4.78 is 0. The van der Waals surface area contributed by atoms with E-state index in [9.17, 15) is 9.59 Å². The van der Waals surface area contributed by atoms with Crippen molar-refractivity contribution in [1.82, 2.24) is 9.97 Å². The molecule has 126 valence electrons. The van der Waals surface area contributed by atoms with Crippen LogP contribution in [-0.4, -0.2) is 21.0 Å². The quantitative estimate of drug-likeness (QED) is 0.615. The molecule has 3 N–H and O–H groups in total. The number of fused-ring (bicyclic) bond motifs is 4. The molecule has 4 rings (SSSR count). The third-order valence-corrected chi connectivity index (χ3v) is 4.29. The van der Waals surface area contributed by atoms with Gasteiger partial charge in [0.2, 0.25) is 0 Å². The zero-order valence-corrected chi connectivity index (χ0v) is 14.2. The lowest BCUT2D eigenvalue weighted by Crippen LogP contribution is -2.19. The molecule has 24 heavy (non-hydrogen) atoms. The van der Waals surface area contributed by atoms with Gasteiger partial charge in [-0.2, -0.15) is 0 Å². The first-order chi connectivity index (χ1) is 10.6. The molecule has 0 saturated carbocycles. The molecule has 0 saturated heterocycles. The number of benzene rings is 1. The summed E-state index contributed by atoms with van der Waals surface area (Å²) in [6, 6.07) is 7.68. The van der Waals surface area contributed by atoms with Crippen LogP contribution < -0.4 is 5.56 Å². The Morgan fingerprint density at radius 1 is 1.08 bits per heavy atom. The fourth-order valence-corrected chi connectivity index (χ4v) is 3.22. The Labute approximate surface area is 149 Å². The van der Waals surface area contributed by atoms with Crippen LogP contribution in [0, 0.1) is 0 Å². The Hall–Kier alpha value is -2.24. The minimum absolute atomic E-state index is 0. The van der Waals surface area contributed by atoms with Crippen LogP contribution in [0.5, 0.6) is 0 Å². The first-order valence-electron chi connectivity index (χ1n) is 7.23. The fourth-order valence-electron chi connectivity index (χ4n) is 3.22. The van der Waals surface area contributed by atoms with Gasteiger partial charge in [0.05, 0.1) is 5.69 Å². The molecule has 0 amide bonds. The molecule has 2 heterocycles. The van der Waals surface area contributed by atoms with Gasteiger partial charge >= 0.3 is 5.97 Å². The third-order valence-electron chi connectivity index (χ3n) is 4.29. The highest BCUT2D eigenvalue weighted by Gasteiger charge is 2.20. The van der Waals surface area contributed by atoms with E-state index in [2.05, 4.69) is 22.1 Å². The monoisotopic (exact) mass is 366 g/mol. The average Bonchev–Trinajstić information content (AvgIpc) is 2.87. The molecule has 0 bridgehead atoms. The van der Waals surface area contributed by atoms with E-state index in [-0.39, 0.29) is 30.4 Å². The van der Waals surface area contributed by atoms with Gasteiger partial charge in [0.25, 0.3) is 5.56 Å². The molecule has 0 fully saturated rings. The molecule has 2 aromatic heterocycles. The van der Waals surface area contributed by atoms with Crippen molar-refractivity contribution in [2.45, 2.75) is 19.3 Å². The molecule has 5 nitrogen and oxygen atoms in total. The molecule has 0 radical (unpaired) electrons. The van der Waals surface area contributed by atoms with Crippen LogP contribution in [0.1, 0.15) is 27.9 Å². The number of aromatic nitrogens is 2. The zero-order chi connectivity index (χ0) is 15.3. The lowest BCUT2D eigenvalue weighted by atomic mass is 9.99. The number of hydrogen-bond donors (Lipinski definition) is 3. The van der Waals surface area contributed by atoms with Crippen molar-refractivity contribution < 1.29 is 9.90 Å². The van der Waals surface area contributed by atoms with Crippen LogP contribution in [0.4, 0.5) is 0 Å². The lowest BCUT2D eigenvalue weighted by Gasteiger charge is -2.10. The number of carbonyl (C=O) groups is 1. The van der Waals surface area contributed by atoms with Gasteiger partial charge in [-0.15, -0.1) is 24.8 Å². The number of carboxylic acid groups (broad SMARTS) is 1. The van der Waals surface area contributed by atoms with Crippen LogP contribution in [0.25, 0.3) is 22.2 Å². The number of aromatic carboxylic acids is 1. The van der Waals surface area contributed by atoms with Crippen LogP contribution in [-0.2, 0) is 12.8 Å². The summed E-state index contributed by atoms with van der Waals surface area (Å²) in [5, 5.41) is 10.2. The Morgan fingerprint density at radius 3 is 2.58 bits per heavy atom. The number of aryl methyl sites for hydroxylation is 2. The predicted octanol–water partition coefficient (Wildman–Crippen LogP) is 3.55. The minimum Gasteiger partial charge on any atom is -0.477 e. The highest BCUT2D eigenvalue weighted by molar-refractivity contribution is 5.90. The second-order valence-electron chi connectivity index (χ2n) is 5.65. The largest absolute Gasteiger partial charge is 0.477 e. The average molecular weight is 367 g/mol. The van der Waals surface area contributed by atoms with Crippen molar-refractivity contribution in [2.75, 3.05) is 0 Å². The first kappa shape index (κ1) is 18.1. The molecule has 3 aromatic rings. The minimum atomic E-state index is -1.19. The summed E-state index contributed by atoms with van der Waals surface area (Å²) in [6.45, 7) is 0. The summed E-state index contributed by atoms with van der Waals surface area (Å²) in [4.78, 5) is 29.2. The number of H-pyrrole nitrogens is 2. The van der Waals surface area contributed by atoms with Gasteiger partial charge in [-0.05, 0) is 54.7 Å². The maximum absolute atomic E-state index is 12.0. The summed E-state index contributed by atoms with van der Waals surface area (Å²) in [5.41, 5.74) is 4.15.